The molecule has 0 saturated heterocycles. The van der Waals surface area contributed by atoms with E-state index in [1.807, 2.05) is 0 Å². The molecule has 0 saturated carbocycles. The van der Waals surface area contributed by atoms with E-state index < -0.39 is 17.9 Å². The van der Waals surface area contributed by atoms with Crippen molar-refractivity contribution < 1.29 is 19.1 Å². The van der Waals surface area contributed by atoms with Crippen LogP contribution in [0.3, 0.4) is 0 Å². The summed E-state index contributed by atoms with van der Waals surface area (Å²) in [6.45, 7) is 0. The van der Waals surface area contributed by atoms with E-state index in [0.29, 0.717) is 11.3 Å². The van der Waals surface area contributed by atoms with E-state index in [1.54, 1.807) is 18.2 Å². The molecule has 1 aromatic rings. The lowest BCUT2D eigenvalue weighted by Gasteiger charge is -2.03. The summed E-state index contributed by atoms with van der Waals surface area (Å²) in [5, 5.41) is 8.64. The number of carbonyl (C=O) groups is 1. The molecule has 0 aromatic heterocycles. The summed E-state index contributed by atoms with van der Waals surface area (Å²) < 4.78 is 13.3. The number of rotatable bonds is 2. The second kappa shape index (κ2) is 3.70. The van der Waals surface area contributed by atoms with Crippen LogP contribution < -0.4 is 5.48 Å². The summed E-state index contributed by atoms with van der Waals surface area (Å²) in [5.41, 5.74) is 3.01. The van der Waals surface area contributed by atoms with Crippen LogP contribution in [0.1, 0.15) is 5.56 Å². The minimum atomic E-state index is -1.12. The summed E-state index contributed by atoms with van der Waals surface area (Å²) in [5.74, 6) is -1.54. The summed E-state index contributed by atoms with van der Waals surface area (Å²) in [6.07, 6.45) is 0.250. The van der Waals surface area contributed by atoms with Gasteiger partial charge in [0.15, 0.2) is 0 Å². The molecule has 0 spiro atoms. The predicted molar refractivity (Wildman–Crippen MR) is 50.0 cm³/mol. The van der Waals surface area contributed by atoms with Crippen LogP contribution in [0.2, 0.25) is 0 Å². The zero-order chi connectivity index (χ0) is 10.8. The summed E-state index contributed by atoms with van der Waals surface area (Å²) in [4.78, 5) is 15.3. The van der Waals surface area contributed by atoms with E-state index in [0.717, 1.165) is 0 Å². The third-order valence-electron chi connectivity index (χ3n) is 2.02. The standard InChI is InChI=1S/C10H8FNO3/c11-7-4-2-1-3-6(7)8-5-9(10(13)14)15-12-8/h1-5,9,12H,(H,13,14). The Labute approximate surface area is 84.9 Å². The summed E-state index contributed by atoms with van der Waals surface area (Å²) >= 11 is 0. The zero-order valence-electron chi connectivity index (χ0n) is 7.61. The molecule has 1 aliphatic rings. The first-order valence-corrected chi connectivity index (χ1v) is 4.29. The highest BCUT2D eigenvalue weighted by molar-refractivity contribution is 5.80. The number of hydroxylamine groups is 1. The largest absolute Gasteiger partial charge is 0.479 e. The van der Waals surface area contributed by atoms with Gasteiger partial charge in [0, 0.05) is 5.56 Å². The zero-order valence-corrected chi connectivity index (χ0v) is 7.61. The van der Waals surface area contributed by atoms with E-state index in [-0.39, 0.29) is 0 Å². The van der Waals surface area contributed by atoms with Gasteiger partial charge in [-0.3, -0.25) is 10.3 Å². The topological polar surface area (TPSA) is 58.6 Å². The Balaban J connectivity index is 2.30. The number of nitrogens with one attached hydrogen (secondary N) is 1. The minimum absolute atomic E-state index is 0.293. The fourth-order valence-corrected chi connectivity index (χ4v) is 1.29. The van der Waals surface area contributed by atoms with Crippen LogP contribution in [0.25, 0.3) is 5.70 Å². The molecule has 2 rings (SSSR count). The first-order chi connectivity index (χ1) is 7.18. The fraction of sp³-hybridized carbons (Fsp3) is 0.100. The highest BCUT2D eigenvalue weighted by Crippen LogP contribution is 2.20. The lowest BCUT2D eigenvalue weighted by atomic mass is 10.1. The first-order valence-electron chi connectivity index (χ1n) is 4.29. The molecular weight excluding hydrogens is 201 g/mol. The van der Waals surface area contributed by atoms with Gasteiger partial charge in [-0.15, -0.1) is 0 Å². The van der Waals surface area contributed by atoms with Gasteiger partial charge < -0.3 is 5.11 Å². The summed E-state index contributed by atoms with van der Waals surface area (Å²) in [6, 6.07) is 6.06. The fourth-order valence-electron chi connectivity index (χ4n) is 1.29. The van der Waals surface area contributed by atoms with Crippen LogP contribution in [0.4, 0.5) is 4.39 Å². The number of hydrogen-bond donors (Lipinski definition) is 2. The molecule has 1 heterocycles. The maximum atomic E-state index is 13.3. The van der Waals surface area contributed by atoms with Crippen LogP contribution in [0.15, 0.2) is 30.3 Å². The van der Waals surface area contributed by atoms with Crippen LogP contribution >= 0.6 is 0 Å². The number of carboxylic acid groups (broad SMARTS) is 1. The molecule has 1 atom stereocenters. The lowest BCUT2D eigenvalue weighted by molar-refractivity contribution is -0.148. The molecule has 0 radical (unpaired) electrons. The average Bonchev–Trinajstić information content (AvgIpc) is 2.67. The maximum absolute atomic E-state index is 13.3. The van der Waals surface area contributed by atoms with Gasteiger partial charge in [-0.05, 0) is 18.2 Å². The van der Waals surface area contributed by atoms with Crippen LogP contribution in [-0.2, 0) is 9.63 Å². The molecule has 0 fully saturated rings. The van der Waals surface area contributed by atoms with E-state index in [1.165, 1.54) is 12.1 Å². The monoisotopic (exact) mass is 209 g/mol. The van der Waals surface area contributed by atoms with Gasteiger partial charge >= 0.3 is 5.97 Å². The lowest BCUT2D eigenvalue weighted by Crippen LogP contribution is -2.21. The van der Waals surface area contributed by atoms with Crippen molar-refractivity contribution in [3.05, 3.63) is 41.7 Å². The third-order valence-corrected chi connectivity index (χ3v) is 2.02. The normalized spacial score (nSPS) is 19.5. The third kappa shape index (κ3) is 1.82. The van der Waals surface area contributed by atoms with Crippen molar-refractivity contribution in [2.45, 2.75) is 6.10 Å². The van der Waals surface area contributed by atoms with Crippen molar-refractivity contribution in [1.29, 1.82) is 0 Å². The molecule has 0 aliphatic carbocycles. The highest BCUT2D eigenvalue weighted by Gasteiger charge is 2.24. The SMILES string of the molecule is O=C(O)C1C=C(c2ccccc2F)NO1. The first kappa shape index (κ1) is 9.67. The molecule has 4 nitrogen and oxygen atoms in total. The van der Waals surface area contributed by atoms with Crippen molar-refractivity contribution >= 4 is 11.7 Å². The van der Waals surface area contributed by atoms with Crippen molar-refractivity contribution in [2.75, 3.05) is 0 Å². The maximum Gasteiger partial charge on any atom is 0.339 e. The Bertz CT molecular complexity index is 430. The van der Waals surface area contributed by atoms with Gasteiger partial charge in [-0.1, -0.05) is 12.1 Å². The Kier molecular flexibility index (Phi) is 2.39. The Hall–Kier alpha value is -1.88. The molecule has 1 unspecified atom stereocenters. The van der Waals surface area contributed by atoms with Crippen molar-refractivity contribution in [2.24, 2.45) is 0 Å². The van der Waals surface area contributed by atoms with E-state index in [2.05, 4.69) is 5.48 Å². The Morgan fingerprint density at radius 3 is 2.80 bits per heavy atom. The number of aliphatic carboxylic acids is 1. The molecule has 1 aliphatic heterocycles. The van der Waals surface area contributed by atoms with Crippen LogP contribution in [0.5, 0.6) is 0 Å². The van der Waals surface area contributed by atoms with Crippen molar-refractivity contribution in [1.82, 2.24) is 5.48 Å². The molecule has 1 aromatic carbocycles. The second-order valence-corrected chi connectivity index (χ2v) is 3.04. The van der Waals surface area contributed by atoms with Gasteiger partial charge in [0.25, 0.3) is 0 Å². The minimum Gasteiger partial charge on any atom is -0.479 e. The quantitative estimate of drug-likeness (QED) is 0.767. The van der Waals surface area contributed by atoms with Crippen molar-refractivity contribution in [3.8, 4) is 0 Å². The van der Waals surface area contributed by atoms with Crippen LogP contribution in [-0.4, -0.2) is 17.2 Å². The van der Waals surface area contributed by atoms with E-state index in [4.69, 9.17) is 9.94 Å². The number of hydrogen-bond acceptors (Lipinski definition) is 3. The van der Waals surface area contributed by atoms with Crippen molar-refractivity contribution in [3.63, 3.8) is 0 Å². The molecule has 15 heavy (non-hydrogen) atoms. The predicted octanol–water partition coefficient (Wildman–Crippen LogP) is 1.15. The van der Waals surface area contributed by atoms with Crippen LogP contribution in [0, 0.1) is 5.82 Å². The number of halogens is 1. The Morgan fingerprint density at radius 2 is 2.20 bits per heavy atom. The molecule has 2 N–H and O–H groups in total. The summed E-state index contributed by atoms with van der Waals surface area (Å²) in [7, 11) is 0. The highest BCUT2D eigenvalue weighted by atomic mass is 19.1. The number of benzene rings is 1. The van der Waals surface area contributed by atoms with Gasteiger partial charge in [0.1, 0.15) is 5.82 Å². The molecule has 0 bridgehead atoms. The van der Waals surface area contributed by atoms with Gasteiger partial charge in [-0.25, -0.2) is 9.18 Å². The molecular formula is C10H8FNO3. The molecule has 78 valence electrons. The van der Waals surface area contributed by atoms with E-state index >= 15 is 0 Å². The number of carboxylic acids is 1. The van der Waals surface area contributed by atoms with E-state index in [9.17, 15) is 9.18 Å². The second-order valence-electron chi connectivity index (χ2n) is 3.04. The average molecular weight is 209 g/mol. The molecule has 5 heteroatoms. The van der Waals surface area contributed by atoms with Gasteiger partial charge in [0.05, 0.1) is 5.70 Å². The smallest absolute Gasteiger partial charge is 0.339 e. The van der Waals surface area contributed by atoms with Gasteiger partial charge in [0.2, 0.25) is 6.10 Å². The van der Waals surface area contributed by atoms with Gasteiger partial charge in [-0.2, -0.15) is 0 Å². The Morgan fingerprint density at radius 1 is 1.47 bits per heavy atom. The molecule has 0 amide bonds.